The molecule has 1 aliphatic rings. The molecule has 1 saturated carbocycles. The summed E-state index contributed by atoms with van der Waals surface area (Å²) in [4.78, 5) is 0. The maximum Gasteiger partial charge on any atom is 0.0153 e. The topological polar surface area (TPSA) is 38.0 Å². The van der Waals surface area contributed by atoms with Gasteiger partial charge in [0.1, 0.15) is 0 Å². The summed E-state index contributed by atoms with van der Waals surface area (Å²) in [6.45, 7) is 5.65. The van der Waals surface area contributed by atoms with E-state index in [2.05, 4.69) is 19.2 Å². The highest BCUT2D eigenvalue weighted by Crippen LogP contribution is 2.27. The minimum absolute atomic E-state index is 0.371. The molecule has 15 heavy (non-hydrogen) atoms. The lowest BCUT2D eigenvalue weighted by Gasteiger charge is -2.34. The first-order valence-corrected chi connectivity index (χ1v) is 6.63. The smallest absolute Gasteiger partial charge is 0.0153 e. The van der Waals surface area contributed by atoms with Gasteiger partial charge in [0.2, 0.25) is 0 Å². The largest absolute Gasteiger partial charge is 0.328 e. The minimum Gasteiger partial charge on any atom is -0.328 e. The molecular weight excluding hydrogens is 184 g/mol. The molecule has 0 radical (unpaired) electrons. The predicted octanol–water partition coefficient (Wildman–Crippen LogP) is 2.82. The van der Waals surface area contributed by atoms with E-state index < -0.39 is 0 Å². The molecule has 0 bridgehead atoms. The van der Waals surface area contributed by atoms with Crippen LogP contribution in [-0.4, -0.2) is 18.1 Å². The van der Waals surface area contributed by atoms with Gasteiger partial charge in [-0.25, -0.2) is 0 Å². The highest BCUT2D eigenvalue weighted by molar-refractivity contribution is 4.85. The van der Waals surface area contributed by atoms with Crippen molar-refractivity contribution < 1.29 is 0 Å². The van der Waals surface area contributed by atoms with Gasteiger partial charge in [-0.2, -0.15) is 0 Å². The van der Waals surface area contributed by atoms with E-state index in [1.165, 1.54) is 57.9 Å². The fourth-order valence-electron chi connectivity index (χ4n) is 2.49. The number of nitrogens with two attached hydrogens (primary N) is 1. The van der Waals surface area contributed by atoms with Crippen molar-refractivity contribution in [2.45, 2.75) is 76.8 Å². The van der Waals surface area contributed by atoms with Gasteiger partial charge in [0.25, 0.3) is 0 Å². The second-order valence-corrected chi connectivity index (χ2v) is 5.52. The van der Waals surface area contributed by atoms with Gasteiger partial charge in [0.15, 0.2) is 0 Å². The Morgan fingerprint density at radius 2 is 1.87 bits per heavy atom. The van der Waals surface area contributed by atoms with Gasteiger partial charge in [-0.1, -0.05) is 25.7 Å². The van der Waals surface area contributed by atoms with Crippen molar-refractivity contribution in [3.63, 3.8) is 0 Å². The molecule has 0 saturated heterocycles. The molecule has 90 valence electrons. The Morgan fingerprint density at radius 1 is 1.20 bits per heavy atom. The van der Waals surface area contributed by atoms with Gasteiger partial charge >= 0.3 is 0 Å². The van der Waals surface area contributed by atoms with E-state index in [1.54, 1.807) is 0 Å². The van der Waals surface area contributed by atoms with Crippen molar-refractivity contribution >= 4 is 0 Å². The van der Waals surface area contributed by atoms with Crippen LogP contribution in [0.1, 0.15) is 65.2 Å². The summed E-state index contributed by atoms with van der Waals surface area (Å²) in [7, 11) is 0. The summed E-state index contributed by atoms with van der Waals surface area (Å²) in [5.74, 6) is 0. The van der Waals surface area contributed by atoms with E-state index in [-0.39, 0.29) is 0 Å². The van der Waals surface area contributed by atoms with Crippen LogP contribution in [0.2, 0.25) is 0 Å². The van der Waals surface area contributed by atoms with Gasteiger partial charge in [0.05, 0.1) is 0 Å². The summed E-state index contributed by atoms with van der Waals surface area (Å²) < 4.78 is 0. The van der Waals surface area contributed by atoms with E-state index in [1.807, 2.05) is 0 Å². The summed E-state index contributed by atoms with van der Waals surface area (Å²) in [5, 5.41) is 3.73. The van der Waals surface area contributed by atoms with Gasteiger partial charge in [0, 0.05) is 11.6 Å². The highest BCUT2D eigenvalue weighted by atomic mass is 15.0. The minimum atomic E-state index is 0.371. The van der Waals surface area contributed by atoms with Crippen molar-refractivity contribution in [1.29, 1.82) is 0 Å². The Balaban J connectivity index is 2.03. The maximum atomic E-state index is 5.72. The number of unbranched alkanes of at least 4 members (excludes halogenated alkanes) is 1. The zero-order chi connectivity index (χ0) is 11.1. The maximum absolute atomic E-state index is 5.72. The molecule has 3 N–H and O–H groups in total. The molecule has 0 amide bonds. The molecule has 1 aliphatic carbocycles. The zero-order valence-corrected chi connectivity index (χ0v) is 10.5. The molecule has 2 nitrogen and oxygen atoms in total. The third kappa shape index (κ3) is 5.53. The second kappa shape index (κ2) is 6.49. The van der Waals surface area contributed by atoms with E-state index in [0.717, 1.165) is 0 Å². The van der Waals surface area contributed by atoms with Crippen molar-refractivity contribution in [2.24, 2.45) is 5.73 Å². The molecule has 1 fully saturated rings. The molecular formula is C13H28N2. The van der Waals surface area contributed by atoms with Crippen molar-refractivity contribution in [3.05, 3.63) is 0 Å². The Bertz CT molecular complexity index is 160. The van der Waals surface area contributed by atoms with Gasteiger partial charge in [-0.3, -0.25) is 0 Å². The fourth-order valence-corrected chi connectivity index (χ4v) is 2.49. The fraction of sp³-hybridized carbons (Fsp3) is 1.00. The monoisotopic (exact) mass is 212 g/mol. The summed E-state index contributed by atoms with van der Waals surface area (Å²) in [6.07, 6.45) is 10.7. The number of hydrogen-bond acceptors (Lipinski definition) is 2. The normalized spacial score (nSPS) is 22.6. The average molecular weight is 212 g/mol. The van der Waals surface area contributed by atoms with Crippen LogP contribution in [0, 0.1) is 0 Å². The standard InChI is InChI=1S/C13H28N2/c1-12(14)8-4-7-11-15-13(2)9-5-3-6-10-13/h12,15H,3-11,14H2,1-2H3. The lowest BCUT2D eigenvalue weighted by atomic mass is 9.83. The van der Waals surface area contributed by atoms with E-state index in [9.17, 15) is 0 Å². The molecule has 0 heterocycles. The molecule has 0 aromatic carbocycles. The van der Waals surface area contributed by atoms with E-state index >= 15 is 0 Å². The highest BCUT2D eigenvalue weighted by Gasteiger charge is 2.25. The lowest BCUT2D eigenvalue weighted by molar-refractivity contribution is 0.253. The molecule has 0 aromatic heterocycles. The van der Waals surface area contributed by atoms with Crippen molar-refractivity contribution in [2.75, 3.05) is 6.54 Å². The van der Waals surface area contributed by atoms with Gasteiger partial charge < -0.3 is 11.1 Å². The SMILES string of the molecule is CC(N)CCCCNC1(C)CCCCC1. The van der Waals surface area contributed by atoms with E-state index in [4.69, 9.17) is 5.73 Å². The first-order valence-electron chi connectivity index (χ1n) is 6.63. The van der Waals surface area contributed by atoms with Crippen LogP contribution < -0.4 is 11.1 Å². The molecule has 0 aromatic rings. The van der Waals surface area contributed by atoms with Gasteiger partial charge in [-0.15, -0.1) is 0 Å². The van der Waals surface area contributed by atoms with Crippen LogP contribution >= 0.6 is 0 Å². The average Bonchev–Trinajstić information content (AvgIpc) is 2.17. The molecule has 1 unspecified atom stereocenters. The molecule has 1 atom stereocenters. The Morgan fingerprint density at radius 3 is 2.47 bits per heavy atom. The van der Waals surface area contributed by atoms with Gasteiger partial charge in [-0.05, 0) is 46.1 Å². The third-order valence-electron chi connectivity index (χ3n) is 3.60. The van der Waals surface area contributed by atoms with Crippen LogP contribution in [0.5, 0.6) is 0 Å². The molecule has 1 rings (SSSR count). The molecule has 0 spiro atoms. The molecule has 0 aliphatic heterocycles. The second-order valence-electron chi connectivity index (χ2n) is 5.52. The van der Waals surface area contributed by atoms with Crippen LogP contribution in [0.4, 0.5) is 0 Å². The molecule has 2 heteroatoms. The van der Waals surface area contributed by atoms with Crippen LogP contribution in [-0.2, 0) is 0 Å². The Hall–Kier alpha value is -0.0800. The van der Waals surface area contributed by atoms with Crippen LogP contribution in [0.15, 0.2) is 0 Å². The predicted molar refractivity (Wildman–Crippen MR) is 67.0 cm³/mol. The number of rotatable bonds is 6. The van der Waals surface area contributed by atoms with Crippen LogP contribution in [0.3, 0.4) is 0 Å². The summed E-state index contributed by atoms with van der Waals surface area (Å²) in [6, 6.07) is 0.371. The quantitative estimate of drug-likeness (QED) is 0.664. The number of hydrogen-bond donors (Lipinski definition) is 2. The summed E-state index contributed by atoms with van der Waals surface area (Å²) >= 11 is 0. The number of nitrogens with one attached hydrogen (secondary N) is 1. The first-order chi connectivity index (χ1) is 7.12. The Kier molecular flexibility index (Phi) is 5.62. The van der Waals surface area contributed by atoms with Crippen molar-refractivity contribution in [1.82, 2.24) is 5.32 Å². The lowest BCUT2D eigenvalue weighted by Crippen LogP contribution is -2.44. The first kappa shape index (κ1) is 13.0. The van der Waals surface area contributed by atoms with E-state index in [0.29, 0.717) is 11.6 Å². The zero-order valence-electron chi connectivity index (χ0n) is 10.5. The summed E-state index contributed by atoms with van der Waals surface area (Å²) in [5.41, 5.74) is 6.16. The Labute approximate surface area is 95.0 Å². The van der Waals surface area contributed by atoms with Crippen molar-refractivity contribution in [3.8, 4) is 0 Å². The van der Waals surface area contributed by atoms with Crippen LogP contribution in [0.25, 0.3) is 0 Å². The third-order valence-corrected chi connectivity index (χ3v) is 3.60.